The van der Waals surface area contributed by atoms with Crippen molar-refractivity contribution in [1.29, 1.82) is 0 Å². The van der Waals surface area contributed by atoms with E-state index in [-0.39, 0.29) is 24.1 Å². The van der Waals surface area contributed by atoms with Gasteiger partial charge in [0.1, 0.15) is 6.10 Å². The maximum atomic E-state index is 12.8. The van der Waals surface area contributed by atoms with Crippen LogP contribution in [0.25, 0.3) is 22.0 Å². The van der Waals surface area contributed by atoms with E-state index in [0.717, 1.165) is 10.9 Å². The molecule has 2 aromatic carbocycles. The predicted molar refractivity (Wildman–Crippen MR) is 102 cm³/mol. The predicted octanol–water partition coefficient (Wildman–Crippen LogP) is 2.12. The average molecular weight is 397 g/mol. The van der Waals surface area contributed by atoms with Crippen LogP contribution in [0.1, 0.15) is 0 Å². The molecule has 0 unspecified atom stereocenters. The van der Waals surface area contributed by atoms with Crippen molar-refractivity contribution in [2.24, 2.45) is 0 Å². The van der Waals surface area contributed by atoms with Gasteiger partial charge in [-0.2, -0.15) is 4.31 Å². The van der Waals surface area contributed by atoms with Crippen LogP contribution < -0.4 is 10.5 Å². The Kier molecular flexibility index (Phi) is 3.74. The van der Waals surface area contributed by atoms with Gasteiger partial charge in [-0.25, -0.2) is 18.2 Å². The monoisotopic (exact) mass is 397 g/mol. The Morgan fingerprint density at radius 1 is 1.11 bits per heavy atom. The van der Waals surface area contributed by atoms with Crippen LogP contribution in [0.5, 0.6) is 5.88 Å². The van der Waals surface area contributed by atoms with Gasteiger partial charge in [-0.15, -0.1) is 0 Å². The quantitative estimate of drug-likeness (QED) is 0.565. The Hall–Kier alpha value is -3.17. The molecule has 9 heteroatoms. The number of para-hydroxylation sites is 1. The summed E-state index contributed by atoms with van der Waals surface area (Å²) in [4.78, 5) is 18.2. The fourth-order valence-corrected chi connectivity index (χ4v) is 4.73. The third kappa shape index (κ3) is 2.85. The number of ether oxygens (including phenoxy) is 1. The number of pyridine rings is 1. The molecule has 1 aliphatic heterocycles. The molecule has 0 spiro atoms. The van der Waals surface area contributed by atoms with Crippen LogP contribution in [0.2, 0.25) is 0 Å². The third-order valence-corrected chi connectivity index (χ3v) is 6.53. The Morgan fingerprint density at radius 2 is 1.93 bits per heavy atom. The number of hydrogen-bond donors (Lipinski definition) is 1. The number of sulfonamides is 1. The van der Waals surface area contributed by atoms with E-state index in [1.807, 2.05) is 30.3 Å². The summed E-state index contributed by atoms with van der Waals surface area (Å²) in [5.74, 6) is -0.150. The summed E-state index contributed by atoms with van der Waals surface area (Å²) >= 11 is 0. The summed E-state index contributed by atoms with van der Waals surface area (Å²) in [5.41, 5.74) is 1.49. The normalized spacial score (nSPS) is 15.7. The van der Waals surface area contributed by atoms with Gasteiger partial charge in [0.15, 0.2) is 5.58 Å². The second kappa shape index (κ2) is 6.18. The first-order valence-corrected chi connectivity index (χ1v) is 10.1. The van der Waals surface area contributed by atoms with Gasteiger partial charge in [0.25, 0.3) is 0 Å². The van der Waals surface area contributed by atoms with Crippen LogP contribution in [0.15, 0.2) is 68.7 Å². The highest BCUT2D eigenvalue weighted by atomic mass is 32.2. The number of benzene rings is 2. The van der Waals surface area contributed by atoms with Crippen molar-refractivity contribution >= 4 is 32.0 Å². The second-order valence-corrected chi connectivity index (χ2v) is 8.51. The minimum absolute atomic E-state index is 0.0966. The summed E-state index contributed by atoms with van der Waals surface area (Å²) in [6.07, 6.45) is -0.263. The summed E-state index contributed by atoms with van der Waals surface area (Å²) in [6.45, 7) is 0.466. The van der Waals surface area contributed by atoms with E-state index in [9.17, 15) is 13.2 Å². The lowest BCUT2D eigenvalue weighted by Gasteiger charge is -2.37. The van der Waals surface area contributed by atoms with Gasteiger partial charge >= 0.3 is 5.76 Å². The highest BCUT2D eigenvalue weighted by Gasteiger charge is 2.38. The van der Waals surface area contributed by atoms with Crippen molar-refractivity contribution in [2.75, 3.05) is 13.1 Å². The molecule has 0 bridgehead atoms. The molecule has 1 saturated heterocycles. The minimum Gasteiger partial charge on any atom is -0.472 e. The number of oxazole rings is 1. The van der Waals surface area contributed by atoms with Crippen LogP contribution in [-0.4, -0.2) is 41.9 Å². The van der Waals surface area contributed by atoms with E-state index in [1.165, 1.54) is 22.5 Å². The van der Waals surface area contributed by atoms with Crippen LogP contribution >= 0.6 is 0 Å². The van der Waals surface area contributed by atoms with E-state index in [0.29, 0.717) is 17.0 Å². The SMILES string of the molecule is O=c1[nH]c2cc(S(=O)(=O)N3CC(Oc4ccc5ccccc5n4)C3)ccc2o1. The number of nitrogens with zero attached hydrogens (tertiary/aromatic N) is 2. The van der Waals surface area contributed by atoms with E-state index in [1.54, 1.807) is 6.07 Å². The lowest BCUT2D eigenvalue weighted by Crippen LogP contribution is -2.56. The first kappa shape index (κ1) is 17.0. The standard InChI is InChI=1S/C19H15N3O5S/c23-19-21-16-9-14(6-7-17(16)27-19)28(24,25)22-10-13(11-22)26-18-8-5-12-3-1-2-4-15(12)20-18/h1-9,13H,10-11H2,(H,21,23). The van der Waals surface area contributed by atoms with E-state index in [4.69, 9.17) is 9.15 Å². The van der Waals surface area contributed by atoms with Gasteiger partial charge in [0.05, 0.1) is 29.0 Å². The van der Waals surface area contributed by atoms with E-state index >= 15 is 0 Å². The number of rotatable bonds is 4. The number of H-pyrrole nitrogens is 1. The number of aromatic nitrogens is 2. The highest BCUT2D eigenvalue weighted by Crippen LogP contribution is 2.26. The minimum atomic E-state index is -3.68. The molecule has 1 N–H and O–H groups in total. The summed E-state index contributed by atoms with van der Waals surface area (Å²) in [6, 6.07) is 15.7. The highest BCUT2D eigenvalue weighted by molar-refractivity contribution is 7.89. The topological polar surface area (TPSA) is 106 Å². The van der Waals surface area contributed by atoms with E-state index < -0.39 is 15.8 Å². The Bertz CT molecular complexity index is 1350. The molecule has 0 radical (unpaired) electrons. The molecule has 5 rings (SSSR count). The van der Waals surface area contributed by atoms with Gasteiger partial charge in [0, 0.05) is 11.5 Å². The number of aromatic amines is 1. The molecule has 8 nitrogen and oxygen atoms in total. The smallest absolute Gasteiger partial charge is 0.417 e. The van der Waals surface area contributed by atoms with Crippen LogP contribution in [-0.2, 0) is 10.0 Å². The molecule has 4 aromatic rings. The second-order valence-electron chi connectivity index (χ2n) is 6.58. The molecule has 28 heavy (non-hydrogen) atoms. The van der Waals surface area contributed by atoms with Crippen LogP contribution in [0.4, 0.5) is 0 Å². The van der Waals surface area contributed by atoms with Crippen molar-refractivity contribution in [3.63, 3.8) is 0 Å². The van der Waals surface area contributed by atoms with Crippen molar-refractivity contribution in [1.82, 2.24) is 14.3 Å². The number of fused-ring (bicyclic) bond motifs is 2. The molecule has 0 atom stereocenters. The first-order valence-electron chi connectivity index (χ1n) is 8.64. The fraction of sp³-hybridized carbons (Fsp3) is 0.158. The lowest BCUT2D eigenvalue weighted by molar-refractivity contribution is 0.0724. The maximum Gasteiger partial charge on any atom is 0.417 e. The van der Waals surface area contributed by atoms with Crippen LogP contribution in [0, 0.1) is 0 Å². The Labute approximate surface area is 159 Å². The number of nitrogens with one attached hydrogen (secondary N) is 1. The van der Waals surface area contributed by atoms with Crippen molar-refractivity contribution in [3.8, 4) is 5.88 Å². The third-order valence-electron chi connectivity index (χ3n) is 4.70. The molecule has 1 fully saturated rings. The van der Waals surface area contributed by atoms with Crippen molar-refractivity contribution < 1.29 is 17.6 Å². The summed E-state index contributed by atoms with van der Waals surface area (Å²) in [7, 11) is -3.68. The van der Waals surface area contributed by atoms with E-state index in [2.05, 4.69) is 9.97 Å². The molecule has 0 amide bonds. The largest absolute Gasteiger partial charge is 0.472 e. The first-order chi connectivity index (χ1) is 13.5. The van der Waals surface area contributed by atoms with Gasteiger partial charge in [-0.1, -0.05) is 18.2 Å². The molecular formula is C19H15N3O5S. The van der Waals surface area contributed by atoms with Gasteiger partial charge in [-0.05, 0) is 30.3 Å². The molecular weight excluding hydrogens is 382 g/mol. The molecule has 0 aliphatic carbocycles. The lowest BCUT2D eigenvalue weighted by atomic mass is 10.2. The molecule has 0 saturated carbocycles. The maximum absolute atomic E-state index is 12.8. The zero-order valence-corrected chi connectivity index (χ0v) is 15.3. The molecule has 142 valence electrons. The summed E-state index contributed by atoms with van der Waals surface area (Å²) in [5, 5.41) is 1.01. The van der Waals surface area contributed by atoms with Crippen molar-refractivity contribution in [2.45, 2.75) is 11.0 Å². The fourth-order valence-electron chi connectivity index (χ4n) is 3.20. The molecule has 1 aliphatic rings. The Balaban J connectivity index is 1.31. The van der Waals surface area contributed by atoms with Crippen LogP contribution in [0.3, 0.4) is 0 Å². The zero-order valence-electron chi connectivity index (χ0n) is 14.5. The van der Waals surface area contributed by atoms with Gasteiger partial charge in [-0.3, -0.25) is 4.98 Å². The average Bonchev–Trinajstić information content (AvgIpc) is 3.03. The molecule has 3 heterocycles. The van der Waals surface area contributed by atoms with Crippen molar-refractivity contribution in [3.05, 3.63) is 65.1 Å². The van der Waals surface area contributed by atoms with Gasteiger partial charge < -0.3 is 9.15 Å². The zero-order chi connectivity index (χ0) is 19.3. The summed E-state index contributed by atoms with van der Waals surface area (Å²) < 4.78 is 37.6. The Morgan fingerprint density at radius 3 is 2.79 bits per heavy atom. The van der Waals surface area contributed by atoms with Gasteiger partial charge in [0.2, 0.25) is 15.9 Å². The number of hydrogen-bond acceptors (Lipinski definition) is 6. The molecule has 2 aromatic heterocycles.